The average molecular weight is 526 g/mol. The molecule has 22 heavy (non-hydrogen) atoms. The van der Waals surface area contributed by atoms with E-state index in [0.717, 1.165) is 38.6 Å². The summed E-state index contributed by atoms with van der Waals surface area (Å²) in [6.45, 7) is 5.26. The lowest BCUT2D eigenvalue weighted by Crippen LogP contribution is -2.46. The second kappa shape index (κ2) is 9.27. The maximum Gasteiger partial charge on any atom is 0.191 e. The van der Waals surface area contributed by atoms with Crippen molar-refractivity contribution in [2.75, 3.05) is 26.2 Å². The van der Waals surface area contributed by atoms with Crippen molar-refractivity contribution in [1.82, 2.24) is 15.5 Å². The minimum absolute atomic E-state index is 0. The fraction of sp³-hybridized carbons (Fsp3) is 0.562. The molecule has 1 aromatic rings. The lowest BCUT2D eigenvalue weighted by Gasteiger charge is -2.26. The number of rotatable bonds is 4. The molecule has 0 aromatic heterocycles. The topological polar surface area (TPSA) is 39.7 Å². The highest BCUT2D eigenvalue weighted by molar-refractivity contribution is 14.1. The van der Waals surface area contributed by atoms with Gasteiger partial charge < -0.3 is 10.6 Å². The Hall–Kier alpha value is -0.0900. The minimum atomic E-state index is 0. The van der Waals surface area contributed by atoms with Crippen LogP contribution >= 0.6 is 46.6 Å². The third-order valence-corrected chi connectivity index (χ3v) is 4.92. The zero-order chi connectivity index (χ0) is 14.5. The fourth-order valence-electron chi connectivity index (χ4n) is 3.02. The van der Waals surface area contributed by atoms with Crippen molar-refractivity contribution in [3.05, 3.63) is 33.4 Å². The Labute approximate surface area is 163 Å². The van der Waals surface area contributed by atoms with Crippen LogP contribution in [-0.4, -0.2) is 43.1 Å². The molecule has 2 aliphatic rings. The van der Waals surface area contributed by atoms with Gasteiger partial charge in [0, 0.05) is 35.8 Å². The first-order valence-corrected chi connectivity index (χ1v) is 8.90. The smallest absolute Gasteiger partial charge is 0.191 e. The lowest BCUT2D eigenvalue weighted by molar-refractivity contribution is 0.245. The van der Waals surface area contributed by atoms with Gasteiger partial charge in [-0.2, -0.15) is 0 Å². The van der Waals surface area contributed by atoms with Gasteiger partial charge in [-0.3, -0.25) is 9.89 Å². The first-order chi connectivity index (χ1) is 10.3. The molecule has 6 heteroatoms. The lowest BCUT2D eigenvalue weighted by atomic mass is 10.2. The molecule has 0 radical (unpaired) electrons. The minimum Gasteiger partial charge on any atom is -0.356 e. The molecule has 4 nitrogen and oxygen atoms in total. The molecule has 2 heterocycles. The van der Waals surface area contributed by atoms with Crippen LogP contribution in [0.15, 0.2) is 29.3 Å². The van der Waals surface area contributed by atoms with Crippen molar-refractivity contribution in [2.45, 2.75) is 31.8 Å². The Balaban J connectivity index is 0.00000176. The molecular weight excluding hydrogens is 502 g/mol. The zero-order valence-corrected chi connectivity index (χ0v) is 17.2. The number of halogens is 2. The van der Waals surface area contributed by atoms with Crippen LogP contribution in [0.3, 0.4) is 0 Å². The standard InChI is InChI=1S/C16H23IN4.HI/c17-14-6-4-13(5-7-14)12-21-10-1-3-15(21)11-20-16-18-8-2-9-19-16;/h4-7,15H,1-3,8-12H2,(H2,18,19,20);1H. The zero-order valence-electron chi connectivity index (χ0n) is 12.7. The van der Waals surface area contributed by atoms with Crippen LogP contribution in [0, 0.1) is 3.57 Å². The number of nitrogens with zero attached hydrogens (tertiary/aromatic N) is 2. The molecule has 122 valence electrons. The van der Waals surface area contributed by atoms with Crippen molar-refractivity contribution in [3.8, 4) is 0 Å². The van der Waals surface area contributed by atoms with E-state index in [-0.39, 0.29) is 24.0 Å². The van der Waals surface area contributed by atoms with Crippen LogP contribution < -0.4 is 10.6 Å². The Morgan fingerprint density at radius 2 is 2.09 bits per heavy atom. The summed E-state index contributed by atoms with van der Waals surface area (Å²) in [4.78, 5) is 7.08. The van der Waals surface area contributed by atoms with Crippen molar-refractivity contribution in [1.29, 1.82) is 0 Å². The van der Waals surface area contributed by atoms with Crippen molar-refractivity contribution in [3.63, 3.8) is 0 Å². The SMILES string of the molecule is I.Ic1ccc(CN2CCCC2CNC2=NCCCN2)cc1. The van der Waals surface area contributed by atoms with Crippen molar-refractivity contribution >= 4 is 52.5 Å². The van der Waals surface area contributed by atoms with E-state index in [4.69, 9.17) is 0 Å². The molecule has 1 unspecified atom stereocenters. The largest absolute Gasteiger partial charge is 0.356 e. The van der Waals surface area contributed by atoms with Crippen LogP contribution in [0.2, 0.25) is 0 Å². The first-order valence-electron chi connectivity index (χ1n) is 7.82. The van der Waals surface area contributed by atoms with Gasteiger partial charge in [-0.1, -0.05) is 12.1 Å². The first kappa shape index (κ1) is 18.3. The predicted molar refractivity (Wildman–Crippen MR) is 111 cm³/mol. The molecule has 1 aromatic carbocycles. The van der Waals surface area contributed by atoms with E-state index in [9.17, 15) is 0 Å². The number of hydrogen-bond acceptors (Lipinski definition) is 4. The highest BCUT2D eigenvalue weighted by atomic mass is 127. The van der Waals surface area contributed by atoms with Gasteiger partial charge >= 0.3 is 0 Å². The third kappa shape index (κ3) is 5.23. The second-order valence-corrected chi connectivity index (χ2v) is 7.03. The van der Waals surface area contributed by atoms with Gasteiger partial charge in [0.25, 0.3) is 0 Å². The number of hydrogen-bond donors (Lipinski definition) is 2. The Morgan fingerprint density at radius 3 is 2.82 bits per heavy atom. The van der Waals surface area contributed by atoms with Crippen molar-refractivity contribution in [2.24, 2.45) is 4.99 Å². The number of aliphatic imine (C=N–C) groups is 1. The van der Waals surface area contributed by atoms with E-state index in [2.05, 4.69) is 67.4 Å². The van der Waals surface area contributed by atoms with Gasteiger partial charge in [0.15, 0.2) is 5.96 Å². The molecule has 1 atom stereocenters. The van der Waals surface area contributed by atoms with Crippen LogP contribution in [0.25, 0.3) is 0 Å². The molecule has 3 rings (SSSR count). The molecule has 1 fully saturated rings. The summed E-state index contributed by atoms with van der Waals surface area (Å²) >= 11 is 2.36. The number of likely N-dealkylation sites (tertiary alicyclic amines) is 1. The monoisotopic (exact) mass is 526 g/mol. The van der Waals surface area contributed by atoms with Crippen molar-refractivity contribution < 1.29 is 0 Å². The van der Waals surface area contributed by atoms with Gasteiger partial charge in [-0.05, 0) is 66.1 Å². The second-order valence-electron chi connectivity index (χ2n) is 5.78. The molecule has 0 bridgehead atoms. The van der Waals surface area contributed by atoms with E-state index in [1.165, 1.54) is 28.5 Å². The normalized spacial score (nSPS) is 21.7. The van der Waals surface area contributed by atoms with Crippen LogP contribution in [0.1, 0.15) is 24.8 Å². The van der Waals surface area contributed by atoms with E-state index in [1.54, 1.807) is 0 Å². The number of guanidine groups is 1. The maximum absolute atomic E-state index is 4.48. The summed E-state index contributed by atoms with van der Waals surface area (Å²) in [5.41, 5.74) is 1.41. The Bertz CT molecular complexity index is 489. The van der Waals surface area contributed by atoms with Gasteiger partial charge in [0.05, 0.1) is 0 Å². The maximum atomic E-state index is 4.48. The van der Waals surface area contributed by atoms with E-state index < -0.39 is 0 Å². The summed E-state index contributed by atoms with van der Waals surface area (Å²) in [6, 6.07) is 9.50. The summed E-state index contributed by atoms with van der Waals surface area (Å²) in [5.74, 6) is 0.988. The fourth-order valence-corrected chi connectivity index (χ4v) is 3.38. The summed E-state index contributed by atoms with van der Waals surface area (Å²) in [7, 11) is 0. The molecule has 0 spiro atoms. The molecule has 0 amide bonds. The third-order valence-electron chi connectivity index (χ3n) is 4.20. The van der Waals surface area contributed by atoms with Crippen LogP contribution in [-0.2, 0) is 6.54 Å². The number of benzene rings is 1. The highest BCUT2D eigenvalue weighted by Crippen LogP contribution is 2.20. The van der Waals surface area contributed by atoms with Crippen LogP contribution in [0.5, 0.6) is 0 Å². The van der Waals surface area contributed by atoms with E-state index >= 15 is 0 Å². The predicted octanol–water partition coefficient (Wildman–Crippen LogP) is 2.81. The molecule has 0 saturated carbocycles. The van der Waals surface area contributed by atoms with E-state index in [0.29, 0.717) is 6.04 Å². The molecule has 1 saturated heterocycles. The summed E-state index contributed by atoms with van der Waals surface area (Å²) in [5, 5.41) is 6.82. The molecular formula is C16H24I2N4. The number of nitrogens with one attached hydrogen (secondary N) is 2. The van der Waals surface area contributed by atoms with Gasteiger partial charge in [0.2, 0.25) is 0 Å². The quantitative estimate of drug-likeness (QED) is 0.594. The molecule has 2 N–H and O–H groups in total. The van der Waals surface area contributed by atoms with E-state index in [1.807, 2.05) is 0 Å². The summed E-state index contributed by atoms with van der Waals surface area (Å²) in [6.07, 6.45) is 3.73. The summed E-state index contributed by atoms with van der Waals surface area (Å²) < 4.78 is 1.30. The highest BCUT2D eigenvalue weighted by Gasteiger charge is 2.24. The Kier molecular flexibility index (Phi) is 7.69. The molecule has 2 aliphatic heterocycles. The molecule has 0 aliphatic carbocycles. The Morgan fingerprint density at radius 1 is 1.27 bits per heavy atom. The average Bonchev–Trinajstić information content (AvgIpc) is 2.96. The van der Waals surface area contributed by atoms with Gasteiger partial charge in [-0.15, -0.1) is 24.0 Å². The van der Waals surface area contributed by atoms with Crippen LogP contribution in [0.4, 0.5) is 0 Å². The van der Waals surface area contributed by atoms with Gasteiger partial charge in [-0.25, -0.2) is 0 Å². The van der Waals surface area contributed by atoms with Gasteiger partial charge in [0.1, 0.15) is 0 Å².